The molecule has 4 N–H and O–H groups in total. The maximum Gasteiger partial charge on any atom is 0.159 e. The van der Waals surface area contributed by atoms with Crippen LogP contribution in [0.3, 0.4) is 0 Å². The number of allylic oxidation sites excluding steroid dienone is 2. The minimum Gasteiger partial charge on any atom is -0.396 e. The van der Waals surface area contributed by atoms with Gasteiger partial charge in [0.05, 0.1) is 18.8 Å². The number of hydrogen-bond acceptors (Lipinski definition) is 5. The van der Waals surface area contributed by atoms with Gasteiger partial charge >= 0.3 is 0 Å². The van der Waals surface area contributed by atoms with Crippen LogP contribution in [0.25, 0.3) is 0 Å². The van der Waals surface area contributed by atoms with Crippen LogP contribution < -0.4 is 0 Å². The van der Waals surface area contributed by atoms with Crippen molar-refractivity contribution in [3.05, 3.63) is 11.6 Å². The molecule has 8 rings (SSSR count). The maximum atomic E-state index is 14.8. The molecule has 0 amide bonds. The lowest BCUT2D eigenvalue weighted by Gasteiger charge is -2.73. The van der Waals surface area contributed by atoms with Crippen LogP contribution in [0.1, 0.15) is 118 Å². The lowest BCUT2D eigenvalue weighted by molar-refractivity contribution is -0.254. The first kappa shape index (κ1) is 29.5. The number of carbonyl (C=O) groups excluding carboxylic acids is 1. The third-order valence-corrected chi connectivity index (χ3v) is 16.0. The minimum atomic E-state index is -0.900. The Morgan fingerprint density at radius 3 is 2.31 bits per heavy atom. The summed E-state index contributed by atoms with van der Waals surface area (Å²) < 4.78 is 0. The first-order chi connectivity index (χ1) is 19.7. The van der Waals surface area contributed by atoms with Crippen molar-refractivity contribution in [2.75, 3.05) is 6.61 Å². The molecule has 232 valence electrons. The van der Waals surface area contributed by atoms with Crippen molar-refractivity contribution in [3.63, 3.8) is 0 Å². The Kier molecular flexibility index (Phi) is 6.30. The normalized spacial score (nSPS) is 56.0. The van der Waals surface area contributed by atoms with Crippen molar-refractivity contribution in [1.29, 1.82) is 0 Å². The van der Waals surface area contributed by atoms with Gasteiger partial charge in [0.2, 0.25) is 0 Å². The summed E-state index contributed by atoms with van der Waals surface area (Å²) >= 11 is 0. The van der Waals surface area contributed by atoms with E-state index in [2.05, 4.69) is 39.5 Å². The second-order valence-corrected chi connectivity index (χ2v) is 17.6. The summed E-state index contributed by atoms with van der Waals surface area (Å²) in [5, 5.41) is 46.5. The molecule has 0 heterocycles. The third kappa shape index (κ3) is 3.24. The number of rotatable bonds is 1. The number of aliphatic hydroxyl groups excluding tert-OH is 4. The van der Waals surface area contributed by atoms with Crippen molar-refractivity contribution >= 4 is 5.78 Å². The lowest BCUT2D eigenvalue weighted by Crippen LogP contribution is -2.72. The van der Waals surface area contributed by atoms with Crippen molar-refractivity contribution in [2.24, 2.45) is 55.7 Å². The molecule has 12 atom stereocenters. The smallest absolute Gasteiger partial charge is 0.159 e. The Morgan fingerprint density at radius 2 is 1.62 bits per heavy atom. The standard InChI is InChI=1S/C37H54O5/c1-31-13-7-6-10-28(41)37(36(21-31)14-8-9-15-36)24(19-31)23-18-25(39)30-32(2)16-12-27(40)33(3,22-38)26(32)11-17-34(30,4)35(23,5)20-29(37)42/h18,24,26-30,38,40-42H,7-9,11-17,19-22H2,1-5H3. The molecule has 0 saturated heterocycles. The predicted molar refractivity (Wildman–Crippen MR) is 162 cm³/mol. The van der Waals surface area contributed by atoms with E-state index >= 15 is 0 Å². The zero-order chi connectivity index (χ0) is 30.1. The van der Waals surface area contributed by atoms with Crippen molar-refractivity contribution in [1.82, 2.24) is 0 Å². The van der Waals surface area contributed by atoms with E-state index < -0.39 is 34.6 Å². The van der Waals surface area contributed by atoms with E-state index in [1.807, 2.05) is 13.0 Å². The predicted octanol–water partition coefficient (Wildman–Crippen LogP) is 5.58. The summed E-state index contributed by atoms with van der Waals surface area (Å²) in [7, 11) is 0. The fraction of sp³-hybridized carbons (Fsp3) is 0.865. The number of fused-ring (bicyclic) bond motifs is 8. The van der Waals surface area contributed by atoms with Crippen LogP contribution in [0.4, 0.5) is 0 Å². The zero-order valence-electron chi connectivity index (χ0n) is 26.6. The summed E-state index contributed by atoms with van der Waals surface area (Å²) in [6, 6.07) is 0. The van der Waals surface area contributed by atoms with E-state index in [-0.39, 0.29) is 51.8 Å². The van der Waals surface area contributed by atoms with Crippen LogP contribution >= 0.6 is 0 Å². The van der Waals surface area contributed by atoms with Gasteiger partial charge in [-0.3, -0.25) is 4.79 Å². The summed E-state index contributed by atoms with van der Waals surface area (Å²) in [5.41, 5.74) is -1.39. The average Bonchev–Trinajstić information content (AvgIpc) is 3.40. The fourth-order valence-electron chi connectivity index (χ4n) is 14.0. The van der Waals surface area contributed by atoms with E-state index in [4.69, 9.17) is 0 Å². The van der Waals surface area contributed by atoms with Gasteiger partial charge in [0.15, 0.2) is 5.78 Å². The Hall–Kier alpha value is -1.19. The van der Waals surface area contributed by atoms with Crippen molar-refractivity contribution in [3.8, 4) is 11.8 Å². The van der Waals surface area contributed by atoms with Gasteiger partial charge in [0.25, 0.3) is 0 Å². The van der Waals surface area contributed by atoms with Crippen LogP contribution in [0.5, 0.6) is 0 Å². The Balaban J connectivity index is 1.42. The van der Waals surface area contributed by atoms with Crippen molar-refractivity contribution < 1.29 is 25.2 Å². The molecule has 5 nitrogen and oxygen atoms in total. The van der Waals surface area contributed by atoms with Crippen LogP contribution in [-0.4, -0.2) is 51.1 Å². The van der Waals surface area contributed by atoms with Gasteiger partial charge in [-0.2, -0.15) is 0 Å². The SMILES string of the molecule is CC12CCC#CC(O)C3(C(O)CC4(C)C(=CC(=O)C5C6(C)CCC(O)C(C)(CO)C6CCC54C)C3C1)C1(CCCC1)C2. The highest BCUT2D eigenvalue weighted by Gasteiger charge is 2.76. The molecule has 12 unspecified atom stereocenters. The van der Waals surface area contributed by atoms with Gasteiger partial charge in [-0.25, -0.2) is 0 Å². The molecule has 0 aliphatic heterocycles. The highest BCUT2D eigenvalue weighted by atomic mass is 16.3. The van der Waals surface area contributed by atoms with E-state index in [1.54, 1.807) is 0 Å². The molecule has 0 aromatic carbocycles. The molecule has 2 spiro atoms. The first-order valence-corrected chi connectivity index (χ1v) is 17.1. The van der Waals surface area contributed by atoms with E-state index in [1.165, 1.54) is 5.57 Å². The molecule has 0 aromatic heterocycles. The monoisotopic (exact) mass is 578 g/mol. The quantitative estimate of drug-likeness (QED) is 0.305. The molecule has 2 bridgehead atoms. The maximum absolute atomic E-state index is 14.8. The van der Waals surface area contributed by atoms with Crippen LogP contribution in [0.15, 0.2) is 11.6 Å². The minimum absolute atomic E-state index is 0.0536. The summed E-state index contributed by atoms with van der Waals surface area (Å²) in [6.07, 6.45) is 11.4. The summed E-state index contributed by atoms with van der Waals surface area (Å²) in [5.74, 6) is 6.53. The summed E-state index contributed by atoms with van der Waals surface area (Å²) in [6.45, 7) is 11.3. The largest absolute Gasteiger partial charge is 0.396 e. The van der Waals surface area contributed by atoms with Crippen LogP contribution in [0, 0.1) is 67.5 Å². The Morgan fingerprint density at radius 1 is 0.905 bits per heavy atom. The topological polar surface area (TPSA) is 98.0 Å². The van der Waals surface area contributed by atoms with Gasteiger partial charge in [0.1, 0.15) is 6.10 Å². The molecule has 5 heteroatoms. The lowest BCUT2D eigenvalue weighted by atomic mass is 9.30. The number of aliphatic hydroxyl groups is 4. The Labute approximate surface area is 252 Å². The second-order valence-electron chi connectivity index (χ2n) is 17.6. The van der Waals surface area contributed by atoms with Crippen LogP contribution in [0.2, 0.25) is 0 Å². The first-order valence-electron chi connectivity index (χ1n) is 17.1. The molecule has 0 aromatic rings. The number of hydrogen-bond donors (Lipinski definition) is 4. The molecule has 42 heavy (non-hydrogen) atoms. The summed E-state index contributed by atoms with van der Waals surface area (Å²) in [4.78, 5) is 14.8. The van der Waals surface area contributed by atoms with Gasteiger partial charge in [0, 0.05) is 23.2 Å². The van der Waals surface area contributed by atoms with E-state index in [0.717, 1.165) is 70.6 Å². The molecular weight excluding hydrogens is 524 g/mol. The molecular formula is C37H54O5. The van der Waals surface area contributed by atoms with Crippen LogP contribution in [-0.2, 0) is 4.79 Å². The van der Waals surface area contributed by atoms with Gasteiger partial charge in [-0.1, -0.05) is 59.0 Å². The highest BCUT2D eigenvalue weighted by Crippen LogP contribution is 2.79. The third-order valence-electron chi connectivity index (χ3n) is 16.0. The second kappa shape index (κ2) is 8.96. The van der Waals surface area contributed by atoms with E-state index in [9.17, 15) is 25.2 Å². The van der Waals surface area contributed by atoms with E-state index in [0.29, 0.717) is 12.8 Å². The zero-order valence-corrected chi connectivity index (χ0v) is 26.6. The number of ketones is 1. The molecule has 5 fully saturated rings. The molecule has 8 aliphatic rings. The fourth-order valence-corrected chi connectivity index (χ4v) is 14.0. The molecule has 0 radical (unpaired) electrons. The molecule has 8 aliphatic carbocycles. The average molecular weight is 579 g/mol. The highest BCUT2D eigenvalue weighted by molar-refractivity contribution is 5.95. The van der Waals surface area contributed by atoms with Gasteiger partial charge < -0.3 is 20.4 Å². The van der Waals surface area contributed by atoms with Gasteiger partial charge in [-0.05, 0) is 109 Å². The Bertz CT molecular complexity index is 1270. The van der Waals surface area contributed by atoms with Crippen molar-refractivity contribution in [2.45, 2.75) is 136 Å². The molecule has 5 saturated carbocycles. The number of carbonyl (C=O) groups is 1. The van der Waals surface area contributed by atoms with Gasteiger partial charge in [-0.15, -0.1) is 5.92 Å².